The number of hydrazine groups is 1. The van der Waals surface area contributed by atoms with Crippen LogP contribution < -0.4 is 11.3 Å². The van der Waals surface area contributed by atoms with Crippen molar-refractivity contribution in [3.05, 3.63) is 46.5 Å². The summed E-state index contributed by atoms with van der Waals surface area (Å²) in [6.07, 6.45) is 2.64. The fraction of sp³-hybridized carbons (Fsp3) is 0.429. The first-order chi connectivity index (χ1) is 9.01. The third-order valence-corrected chi connectivity index (χ3v) is 3.30. The van der Waals surface area contributed by atoms with E-state index in [1.807, 2.05) is 31.8 Å². The molecule has 0 radical (unpaired) electrons. The number of nitrogens with one attached hydrogen (secondary N) is 1. The molecule has 0 saturated carbocycles. The lowest BCUT2D eigenvalue weighted by Gasteiger charge is -2.17. The van der Waals surface area contributed by atoms with Crippen molar-refractivity contribution in [1.82, 2.24) is 20.2 Å². The minimum Gasteiger partial charge on any atom is -0.272 e. The quantitative estimate of drug-likeness (QED) is 0.645. The van der Waals surface area contributed by atoms with Gasteiger partial charge < -0.3 is 0 Å². The topological polar surface area (TPSA) is 68.8 Å². The fourth-order valence-electron chi connectivity index (χ4n) is 2.39. The molecular weight excluding hydrogens is 238 g/mol. The van der Waals surface area contributed by atoms with Gasteiger partial charge in [0.15, 0.2) is 0 Å². The Labute approximate surface area is 113 Å². The third kappa shape index (κ3) is 3.00. The molecule has 1 unspecified atom stereocenters. The number of aryl methyl sites for hydroxylation is 4. The van der Waals surface area contributed by atoms with E-state index in [2.05, 4.69) is 34.6 Å². The number of hydrogen-bond acceptors (Lipinski definition) is 4. The molecule has 5 heteroatoms. The molecule has 102 valence electrons. The molecular formula is C14H21N5. The highest BCUT2D eigenvalue weighted by Gasteiger charge is 2.16. The van der Waals surface area contributed by atoms with Gasteiger partial charge in [-0.05, 0) is 38.0 Å². The van der Waals surface area contributed by atoms with Crippen molar-refractivity contribution >= 4 is 0 Å². The van der Waals surface area contributed by atoms with Crippen LogP contribution in [0.5, 0.6) is 0 Å². The summed E-state index contributed by atoms with van der Waals surface area (Å²) in [6.45, 7) is 6.09. The van der Waals surface area contributed by atoms with Crippen LogP contribution in [0.4, 0.5) is 0 Å². The predicted octanol–water partition coefficient (Wildman–Crippen LogP) is 1.49. The summed E-state index contributed by atoms with van der Waals surface area (Å²) in [6, 6.07) is 4.20. The van der Waals surface area contributed by atoms with Crippen molar-refractivity contribution in [1.29, 1.82) is 0 Å². The van der Waals surface area contributed by atoms with Gasteiger partial charge in [-0.15, -0.1) is 0 Å². The largest absolute Gasteiger partial charge is 0.272 e. The zero-order chi connectivity index (χ0) is 14.0. The highest BCUT2D eigenvalue weighted by Crippen LogP contribution is 2.20. The lowest BCUT2D eigenvalue weighted by molar-refractivity contribution is 0.516. The van der Waals surface area contributed by atoms with Gasteiger partial charge in [0.05, 0.1) is 17.4 Å². The Bertz CT molecular complexity index is 573. The van der Waals surface area contributed by atoms with Crippen molar-refractivity contribution in [2.24, 2.45) is 12.9 Å². The summed E-state index contributed by atoms with van der Waals surface area (Å²) in [7, 11) is 1.95. The van der Waals surface area contributed by atoms with Gasteiger partial charge in [-0.25, -0.2) is 0 Å². The first kappa shape index (κ1) is 13.7. The second-order valence-corrected chi connectivity index (χ2v) is 5.04. The van der Waals surface area contributed by atoms with Crippen molar-refractivity contribution in [3.63, 3.8) is 0 Å². The van der Waals surface area contributed by atoms with E-state index in [1.165, 1.54) is 0 Å². The van der Waals surface area contributed by atoms with Gasteiger partial charge in [-0.1, -0.05) is 6.07 Å². The molecule has 0 aliphatic rings. The Morgan fingerprint density at radius 1 is 1.32 bits per heavy atom. The second-order valence-electron chi connectivity index (χ2n) is 5.04. The molecule has 0 bridgehead atoms. The summed E-state index contributed by atoms with van der Waals surface area (Å²) >= 11 is 0. The molecule has 3 N–H and O–H groups in total. The van der Waals surface area contributed by atoms with E-state index < -0.39 is 0 Å². The zero-order valence-electron chi connectivity index (χ0n) is 11.9. The van der Waals surface area contributed by atoms with Gasteiger partial charge in [0.1, 0.15) is 0 Å². The maximum absolute atomic E-state index is 5.70. The van der Waals surface area contributed by atoms with Gasteiger partial charge in [-0.3, -0.25) is 20.9 Å². The van der Waals surface area contributed by atoms with Crippen LogP contribution >= 0.6 is 0 Å². The van der Waals surface area contributed by atoms with E-state index in [0.29, 0.717) is 0 Å². The molecule has 0 spiro atoms. The molecule has 2 aromatic heterocycles. The van der Waals surface area contributed by atoms with Gasteiger partial charge in [-0.2, -0.15) is 5.10 Å². The lowest BCUT2D eigenvalue weighted by Crippen LogP contribution is -2.31. The maximum Gasteiger partial charge on any atom is 0.0690 e. The standard InChI is InChI=1S/C14H21N5/c1-9-5-10(2)14(16-8-9)13(17-15)7-12-6-11(3)18-19(12)4/h5-6,8,13,17H,7,15H2,1-4H3. The fourth-order valence-corrected chi connectivity index (χ4v) is 2.39. The summed E-state index contributed by atoms with van der Waals surface area (Å²) in [5.74, 6) is 5.70. The van der Waals surface area contributed by atoms with Crippen molar-refractivity contribution in [2.75, 3.05) is 0 Å². The van der Waals surface area contributed by atoms with Crippen molar-refractivity contribution in [2.45, 2.75) is 33.2 Å². The summed E-state index contributed by atoms with van der Waals surface area (Å²) in [5, 5.41) is 4.36. The molecule has 5 nitrogen and oxygen atoms in total. The summed E-state index contributed by atoms with van der Waals surface area (Å²) < 4.78 is 1.89. The minimum absolute atomic E-state index is 0.00426. The summed E-state index contributed by atoms with van der Waals surface area (Å²) in [4.78, 5) is 4.51. The Hall–Kier alpha value is -1.72. The molecule has 0 aliphatic heterocycles. The van der Waals surface area contributed by atoms with Crippen LogP contribution in [0, 0.1) is 20.8 Å². The molecule has 2 rings (SSSR count). The average molecular weight is 259 g/mol. The van der Waals surface area contributed by atoms with E-state index in [9.17, 15) is 0 Å². The second kappa shape index (κ2) is 5.50. The molecule has 0 aromatic carbocycles. The van der Waals surface area contributed by atoms with E-state index in [-0.39, 0.29) is 6.04 Å². The number of hydrogen-bond donors (Lipinski definition) is 2. The van der Waals surface area contributed by atoms with E-state index >= 15 is 0 Å². The number of aromatic nitrogens is 3. The molecule has 19 heavy (non-hydrogen) atoms. The van der Waals surface area contributed by atoms with Gasteiger partial charge in [0.2, 0.25) is 0 Å². The monoisotopic (exact) mass is 259 g/mol. The molecule has 0 aliphatic carbocycles. The first-order valence-electron chi connectivity index (χ1n) is 6.40. The Balaban J connectivity index is 2.27. The molecule has 0 saturated heterocycles. The zero-order valence-corrected chi connectivity index (χ0v) is 11.9. The van der Waals surface area contributed by atoms with Crippen LogP contribution in [0.15, 0.2) is 18.3 Å². The van der Waals surface area contributed by atoms with E-state index in [0.717, 1.165) is 34.6 Å². The SMILES string of the molecule is Cc1cnc(C(Cc2cc(C)nn2C)NN)c(C)c1. The normalized spacial score (nSPS) is 12.7. The van der Waals surface area contributed by atoms with E-state index in [4.69, 9.17) is 5.84 Å². The number of rotatable bonds is 4. The molecule has 2 aromatic rings. The van der Waals surface area contributed by atoms with Crippen LogP contribution in [-0.2, 0) is 13.5 Å². The van der Waals surface area contributed by atoms with Gasteiger partial charge in [0.25, 0.3) is 0 Å². The number of nitrogens with zero attached hydrogens (tertiary/aromatic N) is 3. The van der Waals surface area contributed by atoms with Crippen LogP contribution in [0.2, 0.25) is 0 Å². The average Bonchev–Trinajstić information content (AvgIpc) is 2.65. The molecule has 1 atom stereocenters. The van der Waals surface area contributed by atoms with Gasteiger partial charge in [0, 0.05) is 25.4 Å². The highest BCUT2D eigenvalue weighted by atomic mass is 15.3. The number of pyridine rings is 1. The van der Waals surface area contributed by atoms with Crippen LogP contribution in [0.25, 0.3) is 0 Å². The Kier molecular flexibility index (Phi) is 3.97. The van der Waals surface area contributed by atoms with Crippen LogP contribution in [0.3, 0.4) is 0 Å². The highest BCUT2D eigenvalue weighted by molar-refractivity contribution is 5.27. The van der Waals surface area contributed by atoms with Crippen LogP contribution in [-0.4, -0.2) is 14.8 Å². The maximum atomic E-state index is 5.70. The third-order valence-electron chi connectivity index (χ3n) is 3.30. The van der Waals surface area contributed by atoms with Crippen LogP contribution in [0.1, 0.15) is 34.3 Å². The summed E-state index contributed by atoms with van der Waals surface area (Å²) in [5.41, 5.74) is 8.32. The predicted molar refractivity (Wildman–Crippen MR) is 75.4 cm³/mol. The smallest absolute Gasteiger partial charge is 0.0690 e. The number of nitrogens with two attached hydrogens (primary N) is 1. The van der Waals surface area contributed by atoms with Gasteiger partial charge >= 0.3 is 0 Å². The Morgan fingerprint density at radius 3 is 2.58 bits per heavy atom. The van der Waals surface area contributed by atoms with Crippen molar-refractivity contribution < 1.29 is 0 Å². The molecule has 0 amide bonds. The van der Waals surface area contributed by atoms with Crippen molar-refractivity contribution in [3.8, 4) is 0 Å². The lowest BCUT2D eigenvalue weighted by atomic mass is 10.0. The van der Waals surface area contributed by atoms with E-state index in [1.54, 1.807) is 0 Å². The Morgan fingerprint density at radius 2 is 2.05 bits per heavy atom. The minimum atomic E-state index is -0.00426. The molecule has 0 fully saturated rings. The molecule has 2 heterocycles. The first-order valence-corrected chi connectivity index (χ1v) is 6.40.